The Morgan fingerprint density at radius 1 is 1.25 bits per heavy atom. The second-order valence-electron chi connectivity index (χ2n) is 4.28. The quantitative estimate of drug-likeness (QED) is 0.809. The summed E-state index contributed by atoms with van der Waals surface area (Å²) >= 11 is 0. The molecule has 2 rings (SSSR count). The predicted molar refractivity (Wildman–Crippen MR) is 63.2 cm³/mol. The first kappa shape index (κ1) is 10.9. The molecule has 3 heteroatoms. The highest BCUT2D eigenvalue weighted by molar-refractivity contribution is 5.41. The summed E-state index contributed by atoms with van der Waals surface area (Å²) in [7, 11) is 0. The monoisotopic (exact) mass is 216 g/mol. The molecule has 1 atom stereocenters. The molecule has 0 spiro atoms. The molecule has 0 aliphatic heterocycles. The highest BCUT2D eigenvalue weighted by Crippen LogP contribution is 2.31. The van der Waals surface area contributed by atoms with Crippen molar-refractivity contribution in [3.05, 3.63) is 53.1 Å². The van der Waals surface area contributed by atoms with Gasteiger partial charge in [-0.3, -0.25) is 0 Å². The average Bonchev–Trinajstić information content (AvgIpc) is 2.69. The van der Waals surface area contributed by atoms with Gasteiger partial charge in [-0.25, -0.2) is 4.98 Å². The van der Waals surface area contributed by atoms with E-state index in [0.29, 0.717) is 5.82 Å². The number of aryl methyl sites for hydroxylation is 2. The fourth-order valence-corrected chi connectivity index (χ4v) is 2.23. The molecule has 0 aliphatic rings. The highest BCUT2D eigenvalue weighted by Gasteiger charge is 2.31. The van der Waals surface area contributed by atoms with E-state index in [1.165, 1.54) is 0 Å². The standard InChI is InChI=1S/C13H16N2O/c1-9-5-4-6-10(2)11(9)13(3,16)12-14-7-8-15-12/h4-8,16H,1-3H3,(H,14,15)/t13-/m1/s1. The fourth-order valence-electron chi connectivity index (χ4n) is 2.23. The summed E-state index contributed by atoms with van der Waals surface area (Å²) in [4.78, 5) is 7.11. The average molecular weight is 216 g/mol. The molecule has 0 amide bonds. The maximum absolute atomic E-state index is 10.6. The molecule has 0 unspecified atom stereocenters. The van der Waals surface area contributed by atoms with Crippen LogP contribution in [0.2, 0.25) is 0 Å². The van der Waals surface area contributed by atoms with Crippen molar-refractivity contribution >= 4 is 0 Å². The summed E-state index contributed by atoms with van der Waals surface area (Å²) in [5, 5.41) is 10.6. The van der Waals surface area contributed by atoms with E-state index in [4.69, 9.17) is 0 Å². The van der Waals surface area contributed by atoms with Gasteiger partial charge in [0.15, 0.2) is 0 Å². The van der Waals surface area contributed by atoms with Crippen LogP contribution in [0.3, 0.4) is 0 Å². The van der Waals surface area contributed by atoms with E-state index in [9.17, 15) is 5.11 Å². The number of imidazole rings is 1. The molecule has 0 fully saturated rings. The Kier molecular flexibility index (Phi) is 2.56. The van der Waals surface area contributed by atoms with Gasteiger partial charge in [0.25, 0.3) is 0 Å². The Bertz CT molecular complexity index is 466. The first-order chi connectivity index (χ1) is 7.53. The Morgan fingerprint density at radius 3 is 2.38 bits per heavy atom. The summed E-state index contributed by atoms with van der Waals surface area (Å²) in [6.45, 7) is 5.76. The maximum Gasteiger partial charge on any atom is 0.145 e. The van der Waals surface area contributed by atoms with Gasteiger partial charge in [-0.15, -0.1) is 0 Å². The van der Waals surface area contributed by atoms with Gasteiger partial charge in [0, 0.05) is 12.4 Å². The van der Waals surface area contributed by atoms with E-state index in [0.717, 1.165) is 16.7 Å². The Morgan fingerprint density at radius 2 is 1.88 bits per heavy atom. The molecule has 16 heavy (non-hydrogen) atoms. The number of aliphatic hydroxyl groups is 1. The Labute approximate surface area is 95.2 Å². The molecule has 0 saturated carbocycles. The minimum Gasteiger partial charge on any atom is -0.377 e. The van der Waals surface area contributed by atoms with Crippen LogP contribution in [0.5, 0.6) is 0 Å². The van der Waals surface area contributed by atoms with Crippen molar-refractivity contribution in [1.82, 2.24) is 9.97 Å². The Balaban J connectivity index is 2.60. The van der Waals surface area contributed by atoms with E-state index in [-0.39, 0.29) is 0 Å². The lowest BCUT2D eigenvalue weighted by molar-refractivity contribution is 0.0918. The van der Waals surface area contributed by atoms with Crippen LogP contribution in [-0.4, -0.2) is 15.1 Å². The first-order valence-corrected chi connectivity index (χ1v) is 5.32. The van der Waals surface area contributed by atoms with Crippen molar-refractivity contribution in [2.75, 3.05) is 0 Å². The topological polar surface area (TPSA) is 48.9 Å². The minimum absolute atomic E-state index is 0.574. The number of hydrogen-bond acceptors (Lipinski definition) is 2. The molecule has 2 aromatic rings. The van der Waals surface area contributed by atoms with Crippen molar-refractivity contribution in [2.45, 2.75) is 26.4 Å². The third kappa shape index (κ3) is 1.63. The molecule has 0 radical (unpaired) electrons. The lowest BCUT2D eigenvalue weighted by Crippen LogP contribution is -2.26. The first-order valence-electron chi connectivity index (χ1n) is 5.32. The van der Waals surface area contributed by atoms with Crippen LogP contribution in [0.25, 0.3) is 0 Å². The van der Waals surface area contributed by atoms with Gasteiger partial charge >= 0.3 is 0 Å². The predicted octanol–water partition coefficient (Wildman–Crippen LogP) is 2.28. The van der Waals surface area contributed by atoms with Crippen LogP contribution < -0.4 is 0 Å². The molecule has 84 valence electrons. The minimum atomic E-state index is -1.07. The van der Waals surface area contributed by atoms with Crippen molar-refractivity contribution in [2.24, 2.45) is 0 Å². The fraction of sp³-hybridized carbons (Fsp3) is 0.308. The molecule has 1 aromatic carbocycles. The number of nitrogens with one attached hydrogen (secondary N) is 1. The third-order valence-corrected chi connectivity index (χ3v) is 2.93. The molecular formula is C13H16N2O. The highest BCUT2D eigenvalue weighted by atomic mass is 16.3. The lowest BCUT2D eigenvalue weighted by atomic mass is 9.87. The number of rotatable bonds is 2. The molecule has 0 aliphatic carbocycles. The zero-order valence-corrected chi connectivity index (χ0v) is 9.78. The van der Waals surface area contributed by atoms with Crippen molar-refractivity contribution in [3.63, 3.8) is 0 Å². The van der Waals surface area contributed by atoms with Crippen LogP contribution in [0.1, 0.15) is 29.4 Å². The number of hydrogen-bond donors (Lipinski definition) is 2. The smallest absolute Gasteiger partial charge is 0.145 e. The van der Waals surface area contributed by atoms with Gasteiger partial charge in [0.1, 0.15) is 11.4 Å². The summed E-state index contributed by atoms with van der Waals surface area (Å²) < 4.78 is 0. The number of aromatic nitrogens is 2. The molecule has 1 heterocycles. The van der Waals surface area contributed by atoms with Crippen molar-refractivity contribution < 1.29 is 5.11 Å². The summed E-state index contributed by atoms with van der Waals surface area (Å²) in [6, 6.07) is 5.99. The second-order valence-corrected chi connectivity index (χ2v) is 4.28. The molecule has 2 N–H and O–H groups in total. The van der Waals surface area contributed by atoms with Crippen LogP contribution in [-0.2, 0) is 5.60 Å². The normalized spacial score (nSPS) is 14.8. The van der Waals surface area contributed by atoms with Crippen LogP contribution >= 0.6 is 0 Å². The molecule has 3 nitrogen and oxygen atoms in total. The largest absolute Gasteiger partial charge is 0.377 e. The van der Waals surface area contributed by atoms with Crippen LogP contribution in [0.4, 0.5) is 0 Å². The van der Waals surface area contributed by atoms with E-state index < -0.39 is 5.60 Å². The van der Waals surface area contributed by atoms with Gasteiger partial charge in [-0.1, -0.05) is 18.2 Å². The van der Waals surface area contributed by atoms with Gasteiger partial charge in [-0.05, 0) is 37.5 Å². The second kappa shape index (κ2) is 3.76. The van der Waals surface area contributed by atoms with Gasteiger partial charge < -0.3 is 10.1 Å². The maximum atomic E-state index is 10.6. The van der Waals surface area contributed by atoms with Gasteiger partial charge in [0.2, 0.25) is 0 Å². The molecule has 1 aromatic heterocycles. The van der Waals surface area contributed by atoms with Crippen LogP contribution in [0.15, 0.2) is 30.6 Å². The van der Waals surface area contributed by atoms with Crippen molar-refractivity contribution in [3.8, 4) is 0 Å². The summed E-state index contributed by atoms with van der Waals surface area (Å²) in [6.07, 6.45) is 3.37. The number of benzene rings is 1. The van der Waals surface area contributed by atoms with E-state index in [1.54, 1.807) is 19.3 Å². The lowest BCUT2D eigenvalue weighted by Gasteiger charge is -2.25. The summed E-state index contributed by atoms with van der Waals surface area (Å²) in [5.74, 6) is 0.574. The van der Waals surface area contributed by atoms with Gasteiger partial charge in [0.05, 0.1) is 0 Å². The van der Waals surface area contributed by atoms with E-state index >= 15 is 0 Å². The number of aromatic amines is 1. The van der Waals surface area contributed by atoms with E-state index in [1.807, 2.05) is 32.0 Å². The number of nitrogens with zero attached hydrogens (tertiary/aromatic N) is 1. The molecule has 0 bridgehead atoms. The van der Waals surface area contributed by atoms with Crippen molar-refractivity contribution in [1.29, 1.82) is 0 Å². The summed E-state index contributed by atoms with van der Waals surface area (Å²) in [5.41, 5.74) is 1.99. The van der Waals surface area contributed by atoms with E-state index in [2.05, 4.69) is 9.97 Å². The molecular weight excluding hydrogens is 200 g/mol. The van der Waals surface area contributed by atoms with Gasteiger partial charge in [-0.2, -0.15) is 0 Å². The zero-order chi connectivity index (χ0) is 11.8. The SMILES string of the molecule is Cc1cccc(C)c1[C@@](C)(O)c1ncc[nH]1. The number of H-pyrrole nitrogens is 1. The third-order valence-electron chi connectivity index (χ3n) is 2.93. The molecule has 0 saturated heterocycles. The Hall–Kier alpha value is -1.61. The van der Waals surface area contributed by atoms with Crippen LogP contribution in [0, 0.1) is 13.8 Å². The zero-order valence-electron chi connectivity index (χ0n) is 9.78.